The first-order chi connectivity index (χ1) is 10.7. The van der Waals surface area contributed by atoms with E-state index in [-0.39, 0.29) is 16.4 Å². The minimum atomic E-state index is -2.06. The average Bonchev–Trinajstić information content (AvgIpc) is 2.47. The Morgan fingerprint density at radius 2 is 1.61 bits per heavy atom. The summed E-state index contributed by atoms with van der Waals surface area (Å²) in [5, 5.41) is 0.453. The van der Waals surface area contributed by atoms with Crippen LogP contribution in [-0.4, -0.2) is 31.0 Å². The van der Waals surface area contributed by atoms with Crippen molar-refractivity contribution in [2.45, 2.75) is 31.5 Å². The predicted octanol–water partition coefficient (Wildman–Crippen LogP) is 2.92. The van der Waals surface area contributed by atoms with Crippen LogP contribution in [0.1, 0.15) is 5.56 Å². The van der Waals surface area contributed by atoms with Gasteiger partial charge in [-0.25, -0.2) is 4.21 Å². The van der Waals surface area contributed by atoms with Crippen LogP contribution in [0.4, 0.5) is 0 Å². The smallest absolute Gasteiger partial charge is 0.236 e. The molecular formula is C17H20O4SSi. The molecule has 122 valence electrons. The lowest BCUT2D eigenvalue weighted by molar-refractivity contribution is -0.117. The highest BCUT2D eigenvalue weighted by atomic mass is 32.2. The summed E-state index contributed by atoms with van der Waals surface area (Å²) in [6, 6.07) is 7.05. The van der Waals surface area contributed by atoms with Crippen LogP contribution in [0.2, 0.25) is 19.6 Å². The van der Waals surface area contributed by atoms with Gasteiger partial charge in [0.05, 0.1) is 30.9 Å². The maximum Gasteiger partial charge on any atom is 0.236 e. The average molecular weight is 348 g/mol. The number of methoxy groups -OCH3 is 1. The van der Waals surface area contributed by atoms with Gasteiger partial charge in [-0.15, -0.1) is 0 Å². The molecular weight excluding hydrogens is 328 g/mol. The zero-order valence-corrected chi connectivity index (χ0v) is 15.7. The minimum Gasteiger partial charge on any atom is -0.493 e. The summed E-state index contributed by atoms with van der Waals surface area (Å²) in [4.78, 5) is 25.6. The fourth-order valence-corrected chi connectivity index (χ4v) is 5.25. The van der Waals surface area contributed by atoms with Gasteiger partial charge in [0, 0.05) is 16.2 Å². The Morgan fingerprint density at radius 1 is 1.04 bits per heavy atom. The lowest BCUT2D eigenvalue weighted by Gasteiger charge is -2.25. The normalized spacial score (nSPS) is 17.2. The topological polar surface area (TPSA) is 60.4 Å². The van der Waals surface area contributed by atoms with Gasteiger partial charge in [-0.05, 0) is 19.1 Å². The first-order valence-corrected chi connectivity index (χ1v) is 11.9. The molecule has 0 N–H and O–H groups in total. The van der Waals surface area contributed by atoms with Crippen molar-refractivity contribution in [1.82, 2.24) is 0 Å². The van der Waals surface area contributed by atoms with Crippen molar-refractivity contribution in [3.63, 3.8) is 0 Å². The number of allylic oxidation sites excluding steroid dienone is 3. The second kappa shape index (κ2) is 6.37. The molecule has 1 unspecified atom stereocenters. The van der Waals surface area contributed by atoms with E-state index in [0.29, 0.717) is 10.1 Å². The van der Waals surface area contributed by atoms with Gasteiger partial charge in [0.1, 0.15) is 0 Å². The van der Waals surface area contributed by atoms with E-state index in [2.05, 4.69) is 0 Å². The lowest BCUT2D eigenvalue weighted by atomic mass is 10.1. The van der Waals surface area contributed by atoms with Gasteiger partial charge < -0.3 is 4.74 Å². The predicted molar refractivity (Wildman–Crippen MR) is 93.1 cm³/mol. The molecule has 0 saturated carbocycles. The highest BCUT2D eigenvalue weighted by Gasteiger charge is 2.38. The standard InChI is InChI=1S/C17H20O4SSi/c1-11-6-8-12(9-7-11)22(20)14-10-13(18)17(23(3,4)5)16(21-2)15(14)19/h6-10H,1-5H3. The van der Waals surface area contributed by atoms with Gasteiger partial charge in [-0.2, -0.15) is 0 Å². The van der Waals surface area contributed by atoms with Gasteiger partial charge in [0.15, 0.2) is 11.5 Å². The molecule has 0 radical (unpaired) electrons. The largest absolute Gasteiger partial charge is 0.493 e. The van der Waals surface area contributed by atoms with Crippen LogP contribution in [-0.2, 0) is 25.1 Å². The SMILES string of the molecule is COC1=C([Si](C)(C)C)C(=O)C=C(S(=O)c2ccc(C)cc2)C1=O. The molecule has 0 fully saturated rings. The Morgan fingerprint density at radius 3 is 2.09 bits per heavy atom. The lowest BCUT2D eigenvalue weighted by Crippen LogP contribution is -2.36. The Labute approximate surface area is 139 Å². The Bertz CT molecular complexity index is 752. The van der Waals surface area contributed by atoms with Gasteiger partial charge in [0.2, 0.25) is 5.78 Å². The van der Waals surface area contributed by atoms with Crippen LogP contribution >= 0.6 is 0 Å². The molecule has 4 nitrogen and oxygen atoms in total. The van der Waals surface area contributed by atoms with Crippen LogP contribution in [0, 0.1) is 6.92 Å². The first-order valence-electron chi connectivity index (χ1n) is 7.24. The Hall–Kier alpha value is -1.79. The number of carbonyl (C=O) groups excluding carboxylic acids is 2. The maximum atomic E-state index is 12.7. The number of aryl methyl sites for hydroxylation is 1. The van der Waals surface area contributed by atoms with Crippen LogP contribution < -0.4 is 0 Å². The third-order valence-corrected chi connectivity index (χ3v) is 6.93. The van der Waals surface area contributed by atoms with Crippen LogP contribution in [0.5, 0.6) is 0 Å². The highest BCUT2D eigenvalue weighted by Crippen LogP contribution is 2.30. The van der Waals surface area contributed by atoms with Crippen molar-refractivity contribution in [1.29, 1.82) is 0 Å². The maximum absolute atomic E-state index is 12.7. The fraction of sp³-hybridized carbons (Fsp3) is 0.294. The van der Waals surface area contributed by atoms with E-state index in [1.54, 1.807) is 12.1 Å². The molecule has 0 aliphatic heterocycles. The molecule has 1 aliphatic rings. The Balaban J connectivity index is 2.48. The first kappa shape index (κ1) is 17.6. The monoisotopic (exact) mass is 348 g/mol. The van der Waals surface area contributed by atoms with Crippen molar-refractivity contribution < 1.29 is 18.5 Å². The van der Waals surface area contributed by atoms with Gasteiger partial charge in [0.25, 0.3) is 0 Å². The summed E-state index contributed by atoms with van der Waals surface area (Å²) < 4.78 is 17.9. The number of Topliss-reactive ketones (excluding diaryl/α,β-unsaturated/α-hetero) is 1. The molecule has 1 aromatic rings. The molecule has 23 heavy (non-hydrogen) atoms. The van der Waals surface area contributed by atoms with E-state index in [9.17, 15) is 13.8 Å². The molecule has 1 aliphatic carbocycles. The minimum absolute atomic E-state index is 0.0160. The summed E-state index contributed by atoms with van der Waals surface area (Å²) in [5.74, 6) is -0.674. The van der Waals surface area contributed by atoms with E-state index in [1.165, 1.54) is 13.2 Å². The van der Waals surface area contributed by atoms with Gasteiger partial charge in [-0.1, -0.05) is 37.3 Å². The quantitative estimate of drug-likeness (QED) is 0.620. The zero-order chi connectivity index (χ0) is 17.4. The molecule has 0 heterocycles. The number of benzene rings is 1. The number of rotatable bonds is 4. The molecule has 2 rings (SSSR count). The van der Waals surface area contributed by atoms with E-state index in [0.717, 1.165) is 5.56 Å². The van der Waals surface area contributed by atoms with Crippen molar-refractivity contribution in [3.05, 3.63) is 51.8 Å². The second-order valence-corrected chi connectivity index (χ2v) is 12.9. The molecule has 6 heteroatoms. The molecule has 0 spiro atoms. The third-order valence-electron chi connectivity index (χ3n) is 3.55. The number of hydrogen-bond donors (Lipinski definition) is 0. The third kappa shape index (κ3) is 3.43. The molecule has 0 amide bonds. The van der Waals surface area contributed by atoms with E-state index in [4.69, 9.17) is 4.74 Å². The number of carbonyl (C=O) groups is 2. The number of hydrogen-bond acceptors (Lipinski definition) is 4. The second-order valence-electron chi connectivity index (χ2n) is 6.44. The van der Waals surface area contributed by atoms with E-state index in [1.807, 2.05) is 38.7 Å². The van der Waals surface area contributed by atoms with Crippen LogP contribution in [0.15, 0.2) is 51.1 Å². The summed E-state index contributed by atoms with van der Waals surface area (Å²) in [5.41, 5.74) is 1.03. The zero-order valence-electron chi connectivity index (χ0n) is 13.9. The van der Waals surface area contributed by atoms with E-state index >= 15 is 0 Å². The fourth-order valence-electron chi connectivity index (χ4n) is 2.43. The summed E-state index contributed by atoms with van der Waals surface area (Å²) in [6.45, 7) is 7.85. The number of ether oxygens (including phenoxy) is 1. The molecule has 0 aromatic heterocycles. The van der Waals surface area contributed by atoms with Crippen molar-refractivity contribution in [2.75, 3.05) is 7.11 Å². The van der Waals surface area contributed by atoms with Crippen LogP contribution in [0.25, 0.3) is 0 Å². The molecule has 0 saturated heterocycles. The van der Waals surface area contributed by atoms with Crippen molar-refractivity contribution in [3.8, 4) is 0 Å². The summed E-state index contributed by atoms with van der Waals surface area (Å²) >= 11 is 0. The van der Waals surface area contributed by atoms with Gasteiger partial charge >= 0.3 is 0 Å². The molecule has 1 atom stereocenters. The summed E-state index contributed by atoms with van der Waals surface area (Å²) in [7, 11) is -2.38. The Kier molecular flexibility index (Phi) is 4.86. The van der Waals surface area contributed by atoms with E-state index < -0.39 is 24.7 Å². The summed E-state index contributed by atoms with van der Waals surface area (Å²) in [6.07, 6.45) is 1.22. The van der Waals surface area contributed by atoms with Crippen LogP contribution in [0.3, 0.4) is 0 Å². The van der Waals surface area contributed by atoms with Crippen molar-refractivity contribution in [2.24, 2.45) is 0 Å². The van der Waals surface area contributed by atoms with Gasteiger partial charge in [-0.3, -0.25) is 9.59 Å². The number of ketones is 2. The highest BCUT2D eigenvalue weighted by molar-refractivity contribution is 7.90. The molecule has 1 aromatic carbocycles. The molecule has 0 bridgehead atoms. The van der Waals surface area contributed by atoms with Crippen molar-refractivity contribution >= 4 is 30.4 Å².